The van der Waals surface area contributed by atoms with Crippen molar-refractivity contribution in [3.63, 3.8) is 0 Å². The summed E-state index contributed by atoms with van der Waals surface area (Å²) in [6.45, 7) is 6.43. The number of hydrogen-bond donors (Lipinski definition) is 2. The zero-order chi connectivity index (χ0) is 22.9. The Morgan fingerprint density at radius 3 is 2.16 bits per heavy atom. The normalized spacial score (nSPS) is 10.5. The summed E-state index contributed by atoms with van der Waals surface area (Å²) >= 11 is 0. The lowest BCUT2D eigenvalue weighted by atomic mass is 10.0. The number of carbonyl (C=O) groups excluding carboxylic acids is 2. The van der Waals surface area contributed by atoms with E-state index >= 15 is 0 Å². The van der Waals surface area contributed by atoms with Gasteiger partial charge in [0.25, 0.3) is 11.8 Å². The van der Waals surface area contributed by atoms with Crippen molar-refractivity contribution in [1.29, 1.82) is 0 Å². The lowest BCUT2D eigenvalue weighted by Gasteiger charge is -2.14. The minimum atomic E-state index is -0.258. The molecule has 0 aliphatic heterocycles. The molecule has 166 valence electrons. The Labute approximate surface area is 188 Å². The van der Waals surface area contributed by atoms with Gasteiger partial charge in [-0.05, 0) is 60.9 Å². The number of para-hydroxylation sites is 3. The van der Waals surface area contributed by atoms with E-state index in [1.165, 1.54) is 0 Å². The lowest BCUT2D eigenvalue weighted by Crippen LogP contribution is -2.21. The fraction of sp³-hybridized carbons (Fsp3) is 0.231. The van der Waals surface area contributed by atoms with Gasteiger partial charge in [0, 0.05) is 11.3 Å². The number of nitrogens with one attached hydrogen (secondary N) is 2. The van der Waals surface area contributed by atoms with Crippen LogP contribution < -0.4 is 20.1 Å². The van der Waals surface area contributed by atoms with Crippen molar-refractivity contribution < 1.29 is 19.1 Å². The standard InChI is InChI=1S/C26H28N2O4/c1-4-31-24-12-8-7-11-23(24)28-26(30)19-13-15-20(16-14-19)32-17-25(29)27-22-10-6-5-9-21(22)18(2)3/h5-16,18H,4,17H2,1-3H3,(H,27,29)(H,28,30). The minimum Gasteiger partial charge on any atom is -0.492 e. The van der Waals surface area contributed by atoms with E-state index in [1.807, 2.05) is 43.3 Å². The molecule has 0 aliphatic carbocycles. The van der Waals surface area contributed by atoms with E-state index in [4.69, 9.17) is 9.47 Å². The summed E-state index contributed by atoms with van der Waals surface area (Å²) in [6.07, 6.45) is 0. The number of benzene rings is 3. The van der Waals surface area contributed by atoms with E-state index in [1.54, 1.807) is 36.4 Å². The molecular formula is C26H28N2O4. The molecule has 0 spiro atoms. The van der Waals surface area contributed by atoms with Gasteiger partial charge >= 0.3 is 0 Å². The molecule has 3 aromatic rings. The van der Waals surface area contributed by atoms with Gasteiger partial charge in [-0.3, -0.25) is 9.59 Å². The second-order valence-corrected chi connectivity index (χ2v) is 7.49. The molecule has 3 rings (SSSR count). The minimum absolute atomic E-state index is 0.125. The van der Waals surface area contributed by atoms with Crippen molar-refractivity contribution in [3.05, 3.63) is 83.9 Å². The second-order valence-electron chi connectivity index (χ2n) is 7.49. The quantitative estimate of drug-likeness (QED) is 0.469. The van der Waals surface area contributed by atoms with Crippen LogP contribution in [0.15, 0.2) is 72.8 Å². The Bertz CT molecular complexity index is 1060. The summed E-state index contributed by atoms with van der Waals surface area (Å²) in [5.74, 6) is 0.919. The van der Waals surface area contributed by atoms with Crippen molar-refractivity contribution in [1.82, 2.24) is 0 Å². The summed E-state index contributed by atoms with van der Waals surface area (Å²) in [6, 6.07) is 21.6. The Hall–Kier alpha value is -3.80. The van der Waals surface area contributed by atoms with Crippen LogP contribution in [0.25, 0.3) is 0 Å². The largest absolute Gasteiger partial charge is 0.492 e. The van der Waals surface area contributed by atoms with Crippen LogP contribution in [0.4, 0.5) is 11.4 Å². The molecule has 0 unspecified atom stereocenters. The molecule has 0 saturated heterocycles. The topological polar surface area (TPSA) is 76.7 Å². The molecule has 0 saturated carbocycles. The van der Waals surface area contributed by atoms with Crippen molar-refractivity contribution in [2.24, 2.45) is 0 Å². The van der Waals surface area contributed by atoms with Crippen LogP contribution in [0.2, 0.25) is 0 Å². The molecule has 2 amide bonds. The SMILES string of the molecule is CCOc1ccccc1NC(=O)c1ccc(OCC(=O)Nc2ccccc2C(C)C)cc1. The fourth-order valence-corrected chi connectivity index (χ4v) is 3.20. The van der Waals surface area contributed by atoms with Gasteiger partial charge < -0.3 is 20.1 Å². The monoisotopic (exact) mass is 432 g/mol. The van der Waals surface area contributed by atoms with Crippen LogP contribution in [-0.2, 0) is 4.79 Å². The predicted octanol–water partition coefficient (Wildman–Crippen LogP) is 5.48. The number of anilines is 2. The van der Waals surface area contributed by atoms with Crippen molar-refractivity contribution >= 4 is 23.2 Å². The summed E-state index contributed by atoms with van der Waals surface area (Å²) in [5.41, 5.74) is 2.94. The highest BCUT2D eigenvalue weighted by molar-refractivity contribution is 6.05. The Balaban J connectivity index is 1.56. The van der Waals surface area contributed by atoms with Crippen LogP contribution >= 0.6 is 0 Å². The molecule has 0 aromatic heterocycles. The molecule has 6 nitrogen and oxygen atoms in total. The van der Waals surface area contributed by atoms with Gasteiger partial charge in [-0.25, -0.2) is 0 Å². The summed E-state index contributed by atoms with van der Waals surface area (Å²) < 4.78 is 11.1. The third kappa shape index (κ3) is 6.11. The zero-order valence-electron chi connectivity index (χ0n) is 18.6. The van der Waals surface area contributed by atoms with E-state index in [9.17, 15) is 9.59 Å². The number of amides is 2. The van der Waals surface area contributed by atoms with Crippen LogP contribution in [0.3, 0.4) is 0 Å². The van der Waals surface area contributed by atoms with Gasteiger partial charge in [-0.1, -0.05) is 44.2 Å². The van der Waals surface area contributed by atoms with Gasteiger partial charge in [0.05, 0.1) is 12.3 Å². The molecule has 0 bridgehead atoms. The Kier molecular flexibility index (Phi) is 7.86. The van der Waals surface area contributed by atoms with E-state index < -0.39 is 0 Å². The average Bonchev–Trinajstić information content (AvgIpc) is 2.79. The maximum Gasteiger partial charge on any atom is 0.262 e. The number of carbonyl (C=O) groups is 2. The first-order valence-electron chi connectivity index (χ1n) is 10.6. The Morgan fingerprint density at radius 1 is 0.812 bits per heavy atom. The molecule has 0 aliphatic rings. The highest BCUT2D eigenvalue weighted by atomic mass is 16.5. The molecule has 3 aromatic carbocycles. The van der Waals surface area contributed by atoms with Crippen LogP contribution in [-0.4, -0.2) is 25.0 Å². The molecule has 0 radical (unpaired) electrons. The molecule has 0 fully saturated rings. The fourth-order valence-electron chi connectivity index (χ4n) is 3.20. The van der Waals surface area contributed by atoms with Crippen molar-refractivity contribution in [3.8, 4) is 11.5 Å². The van der Waals surface area contributed by atoms with Gasteiger partial charge in [-0.15, -0.1) is 0 Å². The maximum atomic E-state index is 12.6. The molecule has 0 atom stereocenters. The first-order chi connectivity index (χ1) is 15.5. The number of ether oxygens (including phenoxy) is 2. The van der Waals surface area contributed by atoms with Gasteiger partial charge in [0.2, 0.25) is 0 Å². The highest BCUT2D eigenvalue weighted by Crippen LogP contribution is 2.25. The Morgan fingerprint density at radius 2 is 1.47 bits per heavy atom. The van der Waals surface area contributed by atoms with E-state index in [-0.39, 0.29) is 18.4 Å². The van der Waals surface area contributed by atoms with Crippen LogP contribution in [0.1, 0.15) is 42.6 Å². The molecule has 32 heavy (non-hydrogen) atoms. The van der Waals surface area contributed by atoms with Gasteiger partial charge in [0.15, 0.2) is 6.61 Å². The first-order valence-corrected chi connectivity index (χ1v) is 10.6. The number of rotatable bonds is 9. The van der Waals surface area contributed by atoms with E-state index in [2.05, 4.69) is 24.5 Å². The second kappa shape index (κ2) is 11.0. The van der Waals surface area contributed by atoms with E-state index in [0.29, 0.717) is 35.3 Å². The van der Waals surface area contributed by atoms with Crippen molar-refractivity contribution in [2.45, 2.75) is 26.7 Å². The number of hydrogen-bond acceptors (Lipinski definition) is 4. The van der Waals surface area contributed by atoms with E-state index in [0.717, 1.165) is 11.3 Å². The third-order valence-electron chi connectivity index (χ3n) is 4.78. The van der Waals surface area contributed by atoms with Crippen LogP contribution in [0.5, 0.6) is 11.5 Å². The summed E-state index contributed by atoms with van der Waals surface area (Å²) in [5, 5.41) is 5.75. The molecule has 6 heteroatoms. The lowest BCUT2D eigenvalue weighted by molar-refractivity contribution is -0.118. The average molecular weight is 433 g/mol. The smallest absolute Gasteiger partial charge is 0.262 e. The van der Waals surface area contributed by atoms with Crippen LogP contribution in [0, 0.1) is 0 Å². The third-order valence-corrected chi connectivity index (χ3v) is 4.78. The summed E-state index contributed by atoms with van der Waals surface area (Å²) in [4.78, 5) is 24.9. The van der Waals surface area contributed by atoms with Gasteiger partial charge in [0.1, 0.15) is 11.5 Å². The molecule has 2 N–H and O–H groups in total. The molecule has 0 heterocycles. The predicted molar refractivity (Wildman–Crippen MR) is 127 cm³/mol. The van der Waals surface area contributed by atoms with Gasteiger partial charge in [-0.2, -0.15) is 0 Å². The first kappa shape index (κ1) is 22.9. The maximum absolute atomic E-state index is 12.6. The zero-order valence-corrected chi connectivity index (χ0v) is 18.6. The highest BCUT2D eigenvalue weighted by Gasteiger charge is 2.12. The molecular weight excluding hydrogens is 404 g/mol. The van der Waals surface area contributed by atoms with Crippen molar-refractivity contribution in [2.75, 3.05) is 23.8 Å². The summed E-state index contributed by atoms with van der Waals surface area (Å²) in [7, 11) is 0.